The first-order valence-corrected chi connectivity index (χ1v) is 7.87. The summed E-state index contributed by atoms with van der Waals surface area (Å²) in [6.07, 6.45) is 1.47. The van der Waals surface area contributed by atoms with Crippen LogP contribution in [0.15, 0.2) is 18.2 Å². The number of piperidine rings is 1. The second-order valence-corrected chi connectivity index (χ2v) is 6.26. The van der Waals surface area contributed by atoms with E-state index in [-0.39, 0.29) is 23.7 Å². The molecule has 0 aromatic heterocycles. The standard InChI is InChI=1S/C17H25FN2O2/c1-11-4-5-16(15(18)10-11)19-17(22)12(2)20-8-6-14(7-9-20)13(3)21/h4-5,10,12-14,21H,6-9H2,1-3H3,(H,19,22). The number of amides is 1. The molecule has 1 amide bonds. The Bertz CT molecular complexity index is 525. The van der Waals surface area contributed by atoms with Crippen molar-refractivity contribution >= 4 is 11.6 Å². The third-order valence-electron chi connectivity index (χ3n) is 4.57. The highest BCUT2D eigenvalue weighted by Crippen LogP contribution is 2.23. The van der Waals surface area contributed by atoms with Crippen LogP contribution < -0.4 is 5.32 Å². The molecule has 122 valence electrons. The zero-order chi connectivity index (χ0) is 16.3. The average molecular weight is 308 g/mol. The van der Waals surface area contributed by atoms with E-state index >= 15 is 0 Å². The van der Waals surface area contributed by atoms with Crippen LogP contribution >= 0.6 is 0 Å². The van der Waals surface area contributed by atoms with E-state index in [1.165, 1.54) is 6.07 Å². The van der Waals surface area contributed by atoms with Gasteiger partial charge in [-0.05, 0) is 70.3 Å². The Balaban J connectivity index is 1.92. The molecular formula is C17H25FN2O2. The number of aliphatic hydroxyl groups is 1. The summed E-state index contributed by atoms with van der Waals surface area (Å²) < 4.78 is 13.8. The summed E-state index contributed by atoms with van der Waals surface area (Å²) in [5, 5.41) is 12.3. The largest absolute Gasteiger partial charge is 0.393 e. The van der Waals surface area contributed by atoms with Crippen molar-refractivity contribution in [1.29, 1.82) is 0 Å². The average Bonchev–Trinajstić information content (AvgIpc) is 2.49. The van der Waals surface area contributed by atoms with E-state index in [0.717, 1.165) is 31.5 Å². The number of halogens is 1. The first-order chi connectivity index (χ1) is 10.4. The number of carbonyl (C=O) groups excluding carboxylic acids is 1. The number of hydrogen-bond donors (Lipinski definition) is 2. The molecule has 0 radical (unpaired) electrons. The maximum Gasteiger partial charge on any atom is 0.241 e. The van der Waals surface area contributed by atoms with Gasteiger partial charge in [0.25, 0.3) is 0 Å². The van der Waals surface area contributed by atoms with Gasteiger partial charge in [0.05, 0.1) is 17.8 Å². The molecule has 0 spiro atoms. The van der Waals surface area contributed by atoms with Gasteiger partial charge in [0, 0.05) is 0 Å². The summed E-state index contributed by atoms with van der Waals surface area (Å²) in [5.74, 6) is -0.298. The van der Waals surface area contributed by atoms with Crippen molar-refractivity contribution in [1.82, 2.24) is 4.90 Å². The van der Waals surface area contributed by atoms with Crippen LogP contribution in [-0.4, -0.2) is 41.1 Å². The number of rotatable bonds is 4. The molecule has 22 heavy (non-hydrogen) atoms. The van der Waals surface area contributed by atoms with Crippen LogP contribution in [0, 0.1) is 18.7 Å². The maximum absolute atomic E-state index is 13.8. The zero-order valence-electron chi connectivity index (χ0n) is 13.5. The third kappa shape index (κ3) is 4.05. The van der Waals surface area contributed by atoms with E-state index in [1.54, 1.807) is 12.1 Å². The van der Waals surface area contributed by atoms with E-state index in [2.05, 4.69) is 10.2 Å². The Morgan fingerprint density at radius 1 is 1.36 bits per heavy atom. The number of carbonyl (C=O) groups is 1. The van der Waals surface area contributed by atoms with Gasteiger partial charge < -0.3 is 10.4 Å². The van der Waals surface area contributed by atoms with E-state index < -0.39 is 5.82 Å². The van der Waals surface area contributed by atoms with Gasteiger partial charge in [-0.2, -0.15) is 0 Å². The Morgan fingerprint density at radius 3 is 2.55 bits per heavy atom. The Labute approximate surface area is 131 Å². The summed E-state index contributed by atoms with van der Waals surface area (Å²) in [5.41, 5.74) is 1.05. The smallest absolute Gasteiger partial charge is 0.241 e. The minimum atomic E-state index is -0.409. The van der Waals surface area contributed by atoms with Crippen molar-refractivity contribution in [3.63, 3.8) is 0 Å². The lowest BCUT2D eigenvalue weighted by Crippen LogP contribution is -2.47. The number of anilines is 1. The quantitative estimate of drug-likeness (QED) is 0.899. The topological polar surface area (TPSA) is 52.6 Å². The summed E-state index contributed by atoms with van der Waals surface area (Å²) in [6, 6.07) is 4.47. The highest BCUT2D eigenvalue weighted by atomic mass is 19.1. The van der Waals surface area contributed by atoms with Crippen molar-refractivity contribution in [2.45, 2.75) is 45.8 Å². The molecule has 4 nitrogen and oxygen atoms in total. The van der Waals surface area contributed by atoms with Crippen LogP contribution in [0.4, 0.5) is 10.1 Å². The van der Waals surface area contributed by atoms with Crippen molar-refractivity contribution < 1.29 is 14.3 Å². The van der Waals surface area contributed by atoms with E-state index in [9.17, 15) is 14.3 Å². The van der Waals surface area contributed by atoms with E-state index in [4.69, 9.17) is 0 Å². The lowest BCUT2D eigenvalue weighted by atomic mass is 9.91. The van der Waals surface area contributed by atoms with E-state index in [0.29, 0.717) is 5.92 Å². The SMILES string of the molecule is Cc1ccc(NC(=O)C(C)N2CCC(C(C)O)CC2)c(F)c1. The predicted octanol–water partition coefficient (Wildman–Crippen LogP) is 2.55. The lowest BCUT2D eigenvalue weighted by Gasteiger charge is -2.36. The molecule has 0 bridgehead atoms. The fourth-order valence-corrected chi connectivity index (χ4v) is 2.91. The minimum Gasteiger partial charge on any atom is -0.393 e. The second kappa shape index (κ2) is 7.20. The molecule has 1 heterocycles. The summed E-state index contributed by atoms with van der Waals surface area (Å²) >= 11 is 0. The molecule has 1 saturated heterocycles. The summed E-state index contributed by atoms with van der Waals surface area (Å²) in [6.45, 7) is 7.02. The van der Waals surface area contributed by atoms with E-state index in [1.807, 2.05) is 20.8 Å². The van der Waals surface area contributed by atoms with Crippen molar-refractivity contribution in [3.8, 4) is 0 Å². The third-order valence-corrected chi connectivity index (χ3v) is 4.57. The molecule has 1 aromatic carbocycles. The first kappa shape index (κ1) is 16.9. The minimum absolute atomic E-state index is 0.196. The molecule has 0 aliphatic carbocycles. The van der Waals surface area contributed by atoms with Gasteiger partial charge in [0.15, 0.2) is 0 Å². The van der Waals surface area contributed by atoms with Crippen LogP contribution in [0.3, 0.4) is 0 Å². The van der Waals surface area contributed by atoms with Gasteiger partial charge in [0.2, 0.25) is 5.91 Å². The number of aliphatic hydroxyl groups excluding tert-OH is 1. The molecule has 2 N–H and O–H groups in total. The number of benzene rings is 1. The summed E-state index contributed by atoms with van der Waals surface area (Å²) in [7, 11) is 0. The van der Waals surface area contributed by atoms with Gasteiger partial charge >= 0.3 is 0 Å². The molecule has 1 aliphatic rings. The van der Waals surface area contributed by atoms with Gasteiger partial charge in [-0.15, -0.1) is 0 Å². The van der Waals surface area contributed by atoms with Crippen molar-refractivity contribution in [2.75, 3.05) is 18.4 Å². The number of likely N-dealkylation sites (tertiary alicyclic amines) is 1. The highest BCUT2D eigenvalue weighted by Gasteiger charge is 2.28. The zero-order valence-corrected chi connectivity index (χ0v) is 13.5. The summed E-state index contributed by atoms with van der Waals surface area (Å²) in [4.78, 5) is 14.4. The number of hydrogen-bond acceptors (Lipinski definition) is 3. The fraction of sp³-hybridized carbons (Fsp3) is 0.588. The fourth-order valence-electron chi connectivity index (χ4n) is 2.91. The van der Waals surface area contributed by atoms with Gasteiger partial charge in [-0.25, -0.2) is 4.39 Å². The Hall–Kier alpha value is -1.46. The van der Waals surface area contributed by atoms with Crippen LogP contribution in [0.1, 0.15) is 32.3 Å². The van der Waals surface area contributed by atoms with Crippen LogP contribution in [-0.2, 0) is 4.79 Å². The molecule has 2 atom stereocenters. The molecule has 2 unspecified atom stereocenters. The van der Waals surface area contributed by atoms with Crippen molar-refractivity contribution in [2.24, 2.45) is 5.92 Å². The molecule has 2 rings (SSSR count). The molecule has 1 aromatic rings. The number of aryl methyl sites for hydroxylation is 1. The normalized spacial score (nSPS) is 19.7. The highest BCUT2D eigenvalue weighted by molar-refractivity contribution is 5.94. The monoisotopic (exact) mass is 308 g/mol. The van der Waals surface area contributed by atoms with Crippen LogP contribution in [0.5, 0.6) is 0 Å². The Kier molecular flexibility index (Phi) is 5.53. The predicted molar refractivity (Wildman–Crippen MR) is 85.2 cm³/mol. The number of nitrogens with one attached hydrogen (secondary N) is 1. The molecule has 5 heteroatoms. The first-order valence-electron chi connectivity index (χ1n) is 7.87. The molecular weight excluding hydrogens is 283 g/mol. The molecule has 0 saturated carbocycles. The Morgan fingerprint density at radius 2 is 2.00 bits per heavy atom. The second-order valence-electron chi connectivity index (χ2n) is 6.26. The molecule has 1 aliphatic heterocycles. The van der Waals surface area contributed by atoms with Gasteiger partial charge in [-0.3, -0.25) is 9.69 Å². The van der Waals surface area contributed by atoms with Gasteiger partial charge in [0.1, 0.15) is 5.82 Å². The van der Waals surface area contributed by atoms with Gasteiger partial charge in [-0.1, -0.05) is 6.07 Å². The lowest BCUT2D eigenvalue weighted by molar-refractivity contribution is -0.121. The van der Waals surface area contributed by atoms with Crippen LogP contribution in [0.25, 0.3) is 0 Å². The molecule has 1 fully saturated rings. The maximum atomic E-state index is 13.8. The van der Waals surface area contributed by atoms with Crippen molar-refractivity contribution in [3.05, 3.63) is 29.6 Å². The van der Waals surface area contributed by atoms with Crippen LogP contribution in [0.2, 0.25) is 0 Å². The number of nitrogens with zero attached hydrogens (tertiary/aromatic N) is 1.